The van der Waals surface area contributed by atoms with E-state index in [0.29, 0.717) is 21.4 Å². The number of hydrogen-bond donors (Lipinski definition) is 3. The van der Waals surface area contributed by atoms with Gasteiger partial charge in [-0.2, -0.15) is 0 Å². The molecule has 7 nitrogen and oxygen atoms in total. The summed E-state index contributed by atoms with van der Waals surface area (Å²) in [6.07, 6.45) is 0. The van der Waals surface area contributed by atoms with Crippen LogP contribution < -0.4 is 21.1 Å². The van der Waals surface area contributed by atoms with Gasteiger partial charge in [-0.05, 0) is 29.8 Å². The molecule has 142 valence electrons. The van der Waals surface area contributed by atoms with Crippen molar-refractivity contribution in [3.05, 3.63) is 63.6 Å². The van der Waals surface area contributed by atoms with Crippen molar-refractivity contribution in [1.29, 1.82) is 0 Å². The predicted octanol–water partition coefficient (Wildman–Crippen LogP) is 1.90. The van der Waals surface area contributed by atoms with E-state index >= 15 is 0 Å². The number of primary amides is 1. The Morgan fingerprint density at radius 3 is 2.37 bits per heavy atom. The molecule has 0 bridgehead atoms. The molecule has 0 aliphatic carbocycles. The summed E-state index contributed by atoms with van der Waals surface area (Å²) >= 11 is 11.8. The van der Waals surface area contributed by atoms with Crippen molar-refractivity contribution >= 4 is 40.9 Å². The van der Waals surface area contributed by atoms with Gasteiger partial charge in [0.05, 0.1) is 11.6 Å². The monoisotopic (exact) mass is 409 g/mol. The van der Waals surface area contributed by atoms with Crippen molar-refractivity contribution in [3.63, 3.8) is 0 Å². The first-order chi connectivity index (χ1) is 12.8. The molecule has 0 atom stereocenters. The van der Waals surface area contributed by atoms with Crippen molar-refractivity contribution in [1.82, 2.24) is 10.6 Å². The van der Waals surface area contributed by atoms with Crippen molar-refractivity contribution in [2.75, 3.05) is 13.2 Å². The minimum atomic E-state index is -0.621. The molecule has 2 rings (SSSR count). The maximum Gasteiger partial charge on any atom is 0.258 e. The average molecular weight is 410 g/mol. The van der Waals surface area contributed by atoms with E-state index in [4.69, 9.17) is 33.7 Å². The molecule has 3 amide bonds. The number of carbonyl (C=O) groups is 3. The van der Waals surface area contributed by atoms with Crippen LogP contribution in [0.25, 0.3) is 0 Å². The van der Waals surface area contributed by atoms with Crippen LogP contribution in [0.15, 0.2) is 42.5 Å². The second-order valence-corrected chi connectivity index (χ2v) is 6.33. The number of rotatable bonds is 8. The number of halogens is 2. The van der Waals surface area contributed by atoms with Gasteiger partial charge < -0.3 is 21.1 Å². The second kappa shape index (κ2) is 9.80. The Kier molecular flexibility index (Phi) is 7.45. The minimum Gasteiger partial charge on any atom is -0.482 e. The molecule has 0 aliphatic heterocycles. The molecule has 0 spiro atoms. The lowest BCUT2D eigenvalue weighted by molar-refractivity contribution is -0.123. The average Bonchev–Trinajstić information content (AvgIpc) is 2.65. The molecule has 2 aromatic carbocycles. The zero-order valence-electron chi connectivity index (χ0n) is 14.1. The van der Waals surface area contributed by atoms with Crippen LogP contribution in [0.3, 0.4) is 0 Å². The Bertz CT molecular complexity index is 841. The van der Waals surface area contributed by atoms with Crippen LogP contribution in [-0.2, 0) is 16.1 Å². The number of benzene rings is 2. The fraction of sp³-hybridized carbons (Fsp3) is 0.167. The second-order valence-electron chi connectivity index (χ2n) is 5.49. The highest BCUT2D eigenvalue weighted by Gasteiger charge is 2.08. The number of carbonyl (C=O) groups excluding carboxylic acids is 3. The highest BCUT2D eigenvalue weighted by atomic mass is 35.5. The first-order valence-electron chi connectivity index (χ1n) is 7.85. The number of amides is 3. The van der Waals surface area contributed by atoms with Gasteiger partial charge in [-0.3, -0.25) is 14.4 Å². The molecule has 4 N–H and O–H groups in total. The lowest BCUT2D eigenvalue weighted by Gasteiger charge is -2.09. The standard InChI is InChI=1S/C18H17Cl2N3O4/c19-13-5-6-14(20)15(7-13)27-10-17(25)22-8-11-1-3-12(4-2-11)18(26)23-9-16(21)24/h1-7H,8-10H2,(H2,21,24)(H,22,25)(H,23,26). The van der Waals surface area contributed by atoms with E-state index in [9.17, 15) is 14.4 Å². The molecule has 0 radical (unpaired) electrons. The van der Waals surface area contributed by atoms with E-state index in [1.54, 1.807) is 36.4 Å². The molecule has 0 saturated heterocycles. The third-order valence-electron chi connectivity index (χ3n) is 3.38. The first-order valence-corrected chi connectivity index (χ1v) is 8.60. The van der Waals surface area contributed by atoms with Crippen LogP contribution in [0.5, 0.6) is 5.75 Å². The summed E-state index contributed by atoms with van der Waals surface area (Å²) in [4.78, 5) is 34.3. The van der Waals surface area contributed by atoms with Crippen molar-refractivity contribution in [2.24, 2.45) is 5.73 Å². The molecule has 0 heterocycles. The van der Waals surface area contributed by atoms with Crippen LogP contribution in [0.1, 0.15) is 15.9 Å². The molecule has 0 aromatic heterocycles. The number of ether oxygens (including phenoxy) is 1. The van der Waals surface area contributed by atoms with E-state index in [-0.39, 0.29) is 25.6 Å². The topological polar surface area (TPSA) is 111 Å². The van der Waals surface area contributed by atoms with Crippen LogP contribution >= 0.6 is 23.2 Å². The smallest absolute Gasteiger partial charge is 0.258 e. The minimum absolute atomic E-state index is 0.215. The molecule has 0 saturated carbocycles. The van der Waals surface area contributed by atoms with Gasteiger partial charge in [-0.25, -0.2) is 0 Å². The van der Waals surface area contributed by atoms with Crippen LogP contribution in [0.4, 0.5) is 0 Å². The lowest BCUT2D eigenvalue weighted by Crippen LogP contribution is -2.33. The van der Waals surface area contributed by atoms with Gasteiger partial charge in [-0.1, -0.05) is 35.3 Å². The summed E-state index contributed by atoms with van der Waals surface area (Å²) < 4.78 is 5.35. The Morgan fingerprint density at radius 2 is 1.70 bits per heavy atom. The van der Waals surface area contributed by atoms with E-state index < -0.39 is 11.8 Å². The number of nitrogens with two attached hydrogens (primary N) is 1. The predicted molar refractivity (Wildman–Crippen MR) is 102 cm³/mol. The van der Waals surface area contributed by atoms with Gasteiger partial charge >= 0.3 is 0 Å². The summed E-state index contributed by atoms with van der Waals surface area (Å²) in [6.45, 7) is -0.185. The Morgan fingerprint density at radius 1 is 1.00 bits per heavy atom. The zero-order valence-corrected chi connectivity index (χ0v) is 15.6. The van der Waals surface area contributed by atoms with Gasteiger partial charge in [0.15, 0.2) is 6.61 Å². The van der Waals surface area contributed by atoms with E-state index in [2.05, 4.69) is 10.6 Å². The molecular formula is C18H17Cl2N3O4. The summed E-state index contributed by atoms with van der Waals surface area (Å²) in [7, 11) is 0. The summed E-state index contributed by atoms with van der Waals surface area (Å²) in [5.41, 5.74) is 6.14. The SMILES string of the molecule is NC(=O)CNC(=O)c1ccc(CNC(=O)COc2cc(Cl)ccc2Cl)cc1. The fourth-order valence-corrected chi connectivity index (χ4v) is 2.36. The van der Waals surface area contributed by atoms with Crippen molar-refractivity contribution < 1.29 is 19.1 Å². The zero-order chi connectivity index (χ0) is 19.8. The third-order valence-corrected chi connectivity index (χ3v) is 3.93. The van der Waals surface area contributed by atoms with Gasteiger partial charge in [0.25, 0.3) is 11.8 Å². The molecule has 0 unspecified atom stereocenters. The first kappa shape index (κ1) is 20.5. The Balaban J connectivity index is 1.80. The largest absolute Gasteiger partial charge is 0.482 e. The maximum absolute atomic E-state index is 11.9. The normalized spacial score (nSPS) is 10.1. The Labute approximate surface area is 165 Å². The number of nitrogens with one attached hydrogen (secondary N) is 2. The maximum atomic E-state index is 11.9. The molecule has 2 aromatic rings. The van der Waals surface area contributed by atoms with E-state index in [0.717, 1.165) is 5.56 Å². The summed E-state index contributed by atoms with van der Waals surface area (Å²) in [5.74, 6) is -1.04. The van der Waals surface area contributed by atoms with Gasteiger partial charge in [0.2, 0.25) is 5.91 Å². The quantitative estimate of drug-likeness (QED) is 0.617. The van der Waals surface area contributed by atoms with Gasteiger partial charge in [0.1, 0.15) is 5.75 Å². The summed E-state index contributed by atoms with van der Waals surface area (Å²) in [6, 6.07) is 11.3. The van der Waals surface area contributed by atoms with Crippen molar-refractivity contribution in [3.8, 4) is 5.75 Å². The molecule has 9 heteroatoms. The third kappa shape index (κ3) is 6.80. The van der Waals surface area contributed by atoms with Gasteiger partial charge in [-0.15, -0.1) is 0 Å². The van der Waals surface area contributed by atoms with Crippen LogP contribution in [0.2, 0.25) is 10.0 Å². The van der Waals surface area contributed by atoms with Crippen molar-refractivity contribution in [2.45, 2.75) is 6.54 Å². The lowest BCUT2D eigenvalue weighted by atomic mass is 10.1. The highest BCUT2D eigenvalue weighted by Crippen LogP contribution is 2.27. The van der Waals surface area contributed by atoms with Crippen LogP contribution in [-0.4, -0.2) is 30.9 Å². The molecular weight excluding hydrogens is 393 g/mol. The van der Waals surface area contributed by atoms with E-state index in [1.807, 2.05) is 0 Å². The molecule has 0 fully saturated rings. The summed E-state index contributed by atoms with van der Waals surface area (Å²) in [5, 5.41) is 5.89. The molecule has 27 heavy (non-hydrogen) atoms. The number of hydrogen-bond acceptors (Lipinski definition) is 4. The van der Waals surface area contributed by atoms with Gasteiger partial charge in [0, 0.05) is 23.2 Å². The fourth-order valence-electron chi connectivity index (χ4n) is 2.03. The highest BCUT2D eigenvalue weighted by molar-refractivity contribution is 6.34. The molecule has 0 aliphatic rings. The van der Waals surface area contributed by atoms with E-state index in [1.165, 1.54) is 6.07 Å². The van der Waals surface area contributed by atoms with Crippen LogP contribution in [0, 0.1) is 0 Å². The Hall–Kier alpha value is -2.77.